The van der Waals surface area contributed by atoms with Gasteiger partial charge in [-0.2, -0.15) is 0 Å². The summed E-state index contributed by atoms with van der Waals surface area (Å²) in [6.07, 6.45) is -0.693. The summed E-state index contributed by atoms with van der Waals surface area (Å²) in [4.78, 5) is 43.3. The molecule has 1 spiro atoms. The molecule has 0 bridgehead atoms. The van der Waals surface area contributed by atoms with E-state index < -0.39 is 31.5 Å². The smallest absolute Gasteiger partial charge is 0.264 e. The van der Waals surface area contributed by atoms with Crippen LogP contribution in [0.1, 0.15) is 30.0 Å². The van der Waals surface area contributed by atoms with Crippen molar-refractivity contribution >= 4 is 25.8 Å². The second-order valence-electron chi connectivity index (χ2n) is 11.8. The summed E-state index contributed by atoms with van der Waals surface area (Å²) in [6, 6.07) is 25.0. The maximum absolute atomic E-state index is 14.5. The summed E-state index contributed by atoms with van der Waals surface area (Å²) < 4.78 is 12.4. The number of hydrogen-bond acceptors (Lipinski definition) is 6. The van der Waals surface area contributed by atoms with Crippen LogP contribution in [0.15, 0.2) is 78.9 Å². The zero-order valence-electron chi connectivity index (χ0n) is 24.7. The number of anilines is 1. The molecule has 0 radical (unpaired) electrons. The second kappa shape index (κ2) is 12.0. The van der Waals surface area contributed by atoms with Crippen LogP contribution in [0.25, 0.3) is 0 Å². The summed E-state index contributed by atoms with van der Waals surface area (Å²) in [5.74, 6) is -0.187. The first-order valence-corrected chi connectivity index (χ1v) is 17.5. The Morgan fingerprint density at radius 3 is 2.29 bits per heavy atom. The minimum absolute atomic E-state index is 0.00809. The predicted molar refractivity (Wildman–Crippen MR) is 163 cm³/mol. The molecular formula is C33H40N2O6Si. The third-order valence-electron chi connectivity index (χ3n) is 8.69. The molecule has 0 unspecified atom stereocenters. The third kappa shape index (κ3) is 5.49. The van der Waals surface area contributed by atoms with Crippen molar-refractivity contribution in [2.24, 2.45) is 5.92 Å². The highest BCUT2D eigenvalue weighted by Crippen LogP contribution is 2.60. The number of ether oxygens (including phenoxy) is 2. The SMILES string of the molecule is COc1ccc2c(c1)[C@]1(O[C@@H](CC(=O)N(CCO)Cc3ccccc3)[C@H]([Si](C)(C)O)[C@H]1C)C(=O)N2Cc1ccccc1. The van der Waals surface area contributed by atoms with Crippen LogP contribution in [0.5, 0.6) is 5.75 Å². The Balaban J connectivity index is 1.52. The molecule has 4 atom stereocenters. The van der Waals surface area contributed by atoms with Crippen LogP contribution in [0.2, 0.25) is 18.6 Å². The van der Waals surface area contributed by atoms with E-state index in [0.717, 1.165) is 16.8 Å². The average molecular weight is 589 g/mol. The number of hydrogen-bond donors (Lipinski definition) is 2. The number of methoxy groups -OCH3 is 1. The number of fused-ring (bicyclic) bond motifs is 2. The largest absolute Gasteiger partial charge is 0.497 e. The van der Waals surface area contributed by atoms with Gasteiger partial charge in [0.05, 0.1) is 38.5 Å². The zero-order chi connectivity index (χ0) is 30.1. The van der Waals surface area contributed by atoms with Crippen LogP contribution in [0.3, 0.4) is 0 Å². The number of aliphatic hydroxyl groups excluding tert-OH is 1. The Morgan fingerprint density at radius 2 is 1.69 bits per heavy atom. The zero-order valence-corrected chi connectivity index (χ0v) is 25.7. The molecule has 2 amide bonds. The van der Waals surface area contributed by atoms with Crippen molar-refractivity contribution in [2.75, 3.05) is 25.2 Å². The fourth-order valence-corrected chi connectivity index (χ4v) is 9.38. The Labute approximate surface area is 248 Å². The molecule has 2 aliphatic rings. The first-order valence-electron chi connectivity index (χ1n) is 14.5. The molecule has 0 aliphatic carbocycles. The van der Waals surface area contributed by atoms with Crippen molar-refractivity contribution in [2.45, 2.75) is 56.8 Å². The van der Waals surface area contributed by atoms with Crippen molar-refractivity contribution in [3.63, 3.8) is 0 Å². The maximum Gasteiger partial charge on any atom is 0.264 e. The molecule has 8 nitrogen and oxygen atoms in total. The summed E-state index contributed by atoms with van der Waals surface area (Å²) in [5, 5.41) is 9.74. The molecule has 222 valence electrons. The van der Waals surface area contributed by atoms with Gasteiger partial charge >= 0.3 is 0 Å². The van der Waals surface area contributed by atoms with Gasteiger partial charge in [-0.05, 0) is 42.4 Å². The maximum atomic E-state index is 14.5. The van der Waals surface area contributed by atoms with Crippen molar-refractivity contribution in [3.8, 4) is 5.75 Å². The molecule has 3 aromatic carbocycles. The first kappa shape index (κ1) is 30.0. The normalized spacial score (nSPS) is 23.3. The van der Waals surface area contributed by atoms with Crippen molar-refractivity contribution in [1.82, 2.24) is 4.90 Å². The van der Waals surface area contributed by atoms with Crippen molar-refractivity contribution < 1.29 is 29.0 Å². The lowest BCUT2D eigenvalue weighted by atomic mass is 9.82. The number of carbonyl (C=O) groups excluding carboxylic acids is 2. The Morgan fingerprint density at radius 1 is 1.05 bits per heavy atom. The van der Waals surface area contributed by atoms with Gasteiger partial charge in [-0.1, -0.05) is 67.6 Å². The van der Waals surface area contributed by atoms with Gasteiger partial charge in [-0.3, -0.25) is 9.59 Å². The van der Waals surface area contributed by atoms with Crippen molar-refractivity contribution in [1.29, 1.82) is 0 Å². The van der Waals surface area contributed by atoms with Gasteiger partial charge in [-0.15, -0.1) is 0 Å². The second-order valence-corrected chi connectivity index (χ2v) is 15.8. The van der Waals surface area contributed by atoms with E-state index in [4.69, 9.17) is 9.47 Å². The minimum atomic E-state index is -2.95. The van der Waals surface area contributed by atoms with Gasteiger partial charge in [-0.25, -0.2) is 0 Å². The Bertz CT molecular complexity index is 1410. The standard InChI is InChI=1S/C33H40N2O6Si/c1-23-31(42(3,4)39)29(20-30(37)34(17-18-36)21-24-11-7-5-8-12-24)41-33(23)27-19-26(40-2)15-16-28(27)35(32(33)38)22-25-13-9-6-10-14-25/h5-16,19,23,29,31,36,39H,17-18,20-22H2,1-4H3/t23-,29+,31-,33+/m1/s1. The van der Waals surface area contributed by atoms with E-state index in [9.17, 15) is 19.5 Å². The minimum Gasteiger partial charge on any atom is -0.497 e. The number of carbonyl (C=O) groups is 2. The van der Waals surface area contributed by atoms with Crippen LogP contribution in [0, 0.1) is 5.92 Å². The van der Waals surface area contributed by atoms with E-state index in [-0.39, 0.29) is 31.4 Å². The van der Waals surface area contributed by atoms with E-state index in [2.05, 4.69) is 0 Å². The van der Waals surface area contributed by atoms with E-state index >= 15 is 0 Å². The number of aliphatic hydroxyl groups is 1. The molecule has 5 rings (SSSR count). The highest BCUT2D eigenvalue weighted by atomic mass is 28.4. The lowest BCUT2D eigenvalue weighted by molar-refractivity contribution is -0.150. The van der Waals surface area contributed by atoms with Crippen LogP contribution < -0.4 is 9.64 Å². The van der Waals surface area contributed by atoms with Gasteiger partial charge in [0.1, 0.15) is 5.75 Å². The summed E-state index contributed by atoms with van der Waals surface area (Å²) in [5.41, 5.74) is 1.61. The Hall–Kier alpha value is -3.50. The molecule has 0 aromatic heterocycles. The van der Waals surface area contributed by atoms with Gasteiger partial charge in [0.15, 0.2) is 13.9 Å². The number of benzene rings is 3. The molecule has 1 fully saturated rings. The highest BCUT2D eigenvalue weighted by molar-refractivity contribution is 6.71. The third-order valence-corrected chi connectivity index (χ3v) is 11.2. The molecule has 0 saturated carbocycles. The van der Waals surface area contributed by atoms with E-state index in [1.165, 1.54) is 0 Å². The molecule has 9 heteroatoms. The monoisotopic (exact) mass is 588 g/mol. The number of rotatable bonds is 10. The molecule has 2 aliphatic heterocycles. The van der Waals surface area contributed by atoms with Crippen molar-refractivity contribution in [3.05, 3.63) is 95.6 Å². The highest BCUT2D eigenvalue weighted by Gasteiger charge is 2.66. The van der Waals surface area contributed by atoms with Gasteiger partial charge in [0, 0.05) is 30.1 Å². The topological polar surface area (TPSA) is 99.5 Å². The molecule has 2 heterocycles. The van der Waals surface area contributed by atoms with E-state index in [0.29, 0.717) is 24.4 Å². The molecule has 42 heavy (non-hydrogen) atoms. The van der Waals surface area contributed by atoms with Crippen LogP contribution in [-0.2, 0) is 33.0 Å². The van der Waals surface area contributed by atoms with E-state index in [1.54, 1.807) is 16.9 Å². The van der Waals surface area contributed by atoms with Crippen LogP contribution >= 0.6 is 0 Å². The summed E-state index contributed by atoms with van der Waals surface area (Å²) in [6.45, 7) is 6.37. The van der Waals surface area contributed by atoms with Gasteiger partial charge in [0.2, 0.25) is 5.91 Å². The van der Waals surface area contributed by atoms with Gasteiger partial charge < -0.3 is 29.2 Å². The summed E-state index contributed by atoms with van der Waals surface area (Å²) in [7, 11) is -1.37. The lowest BCUT2D eigenvalue weighted by Crippen LogP contribution is -2.46. The molecular weight excluding hydrogens is 548 g/mol. The first-order chi connectivity index (χ1) is 20.1. The van der Waals surface area contributed by atoms with Crippen LogP contribution in [0.4, 0.5) is 5.69 Å². The average Bonchev–Trinajstić information content (AvgIpc) is 3.40. The molecule has 3 aromatic rings. The number of amides is 2. The van der Waals surface area contributed by atoms with E-state index in [1.807, 2.05) is 98.9 Å². The predicted octanol–water partition coefficient (Wildman–Crippen LogP) is 4.45. The fourth-order valence-electron chi connectivity index (χ4n) is 6.82. The lowest BCUT2D eigenvalue weighted by Gasteiger charge is -2.32. The number of nitrogens with zero attached hydrogens (tertiary/aromatic N) is 2. The summed E-state index contributed by atoms with van der Waals surface area (Å²) >= 11 is 0. The van der Waals surface area contributed by atoms with Gasteiger partial charge in [0.25, 0.3) is 5.91 Å². The van der Waals surface area contributed by atoms with Crippen LogP contribution in [-0.4, -0.2) is 61.3 Å². The molecule has 1 saturated heterocycles. The quantitative estimate of drug-likeness (QED) is 0.340. The molecule has 2 N–H and O–H groups in total. The Kier molecular flexibility index (Phi) is 8.57. The fraction of sp³-hybridized carbons (Fsp3) is 0.394.